The smallest absolute Gasteiger partial charge is 0.191 e. The first kappa shape index (κ1) is 20.2. The molecule has 0 radical (unpaired) electrons. The first-order chi connectivity index (χ1) is 10.6. The monoisotopic (exact) mass is 430 g/mol. The topological polar surface area (TPSA) is 39.7 Å². The Hall–Kier alpha value is -0.820. The van der Waals surface area contributed by atoms with Gasteiger partial charge in [-0.25, -0.2) is 0 Å². The third kappa shape index (κ3) is 6.30. The number of likely N-dealkylation sites (tertiary alicyclic amines) is 1. The van der Waals surface area contributed by atoms with Gasteiger partial charge in [-0.05, 0) is 44.8 Å². The number of likely N-dealkylation sites (N-methyl/N-ethyl adjacent to an activating group) is 1. The van der Waals surface area contributed by atoms with Crippen molar-refractivity contribution in [2.45, 2.75) is 38.6 Å². The molecule has 2 rings (SSSR count). The summed E-state index contributed by atoms with van der Waals surface area (Å²) in [6.07, 6.45) is 2.58. The molecule has 5 heteroatoms. The Balaban J connectivity index is 0.00000264. The third-order valence-electron chi connectivity index (χ3n) is 4.62. The van der Waals surface area contributed by atoms with E-state index in [1.54, 1.807) is 0 Å². The van der Waals surface area contributed by atoms with Crippen molar-refractivity contribution in [2.75, 3.05) is 33.7 Å². The van der Waals surface area contributed by atoms with Crippen molar-refractivity contribution in [3.05, 3.63) is 35.4 Å². The van der Waals surface area contributed by atoms with Crippen LogP contribution in [0.5, 0.6) is 0 Å². The summed E-state index contributed by atoms with van der Waals surface area (Å²) in [4.78, 5) is 6.76. The quantitative estimate of drug-likeness (QED) is 0.429. The minimum absolute atomic E-state index is 0. The second-order valence-electron chi connectivity index (χ2n) is 6.42. The fourth-order valence-corrected chi connectivity index (χ4v) is 2.93. The molecular formula is C18H31IN4. The van der Waals surface area contributed by atoms with Gasteiger partial charge in [-0.15, -0.1) is 24.0 Å². The molecule has 1 aliphatic heterocycles. The van der Waals surface area contributed by atoms with Gasteiger partial charge in [-0.2, -0.15) is 0 Å². The minimum Gasteiger partial charge on any atom is -0.356 e. The number of guanidine groups is 1. The van der Waals surface area contributed by atoms with E-state index in [9.17, 15) is 0 Å². The Morgan fingerprint density at radius 3 is 2.57 bits per heavy atom. The van der Waals surface area contributed by atoms with E-state index in [4.69, 9.17) is 0 Å². The van der Waals surface area contributed by atoms with Crippen molar-refractivity contribution in [3.63, 3.8) is 0 Å². The van der Waals surface area contributed by atoms with Gasteiger partial charge in [0.05, 0.1) is 0 Å². The molecule has 2 N–H and O–H groups in total. The molecule has 1 heterocycles. The number of aryl methyl sites for hydroxylation is 1. The zero-order chi connectivity index (χ0) is 15.9. The molecule has 0 aromatic heterocycles. The van der Waals surface area contributed by atoms with E-state index in [-0.39, 0.29) is 24.0 Å². The standard InChI is InChI=1S/C18H30N4.HI/c1-14-7-9-16(10-8-14)15(2)12-20-18(19-3)21-13-17-6-5-11-22(17)4;/h7-10,15,17H,5-6,11-13H2,1-4H3,(H2,19,20,21);1H. The second-order valence-corrected chi connectivity index (χ2v) is 6.42. The Kier molecular flexibility index (Phi) is 8.91. The third-order valence-corrected chi connectivity index (χ3v) is 4.62. The molecule has 130 valence electrons. The molecule has 23 heavy (non-hydrogen) atoms. The van der Waals surface area contributed by atoms with Crippen LogP contribution in [-0.4, -0.2) is 50.6 Å². The van der Waals surface area contributed by atoms with Crippen LogP contribution in [0.2, 0.25) is 0 Å². The number of rotatable bonds is 5. The van der Waals surface area contributed by atoms with E-state index in [0.29, 0.717) is 12.0 Å². The zero-order valence-corrected chi connectivity index (χ0v) is 17.1. The Morgan fingerprint density at radius 2 is 2.00 bits per heavy atom. The summed E-state index contributed by atoms with van der Waals surface area (Å²) in [5.41, 5.74) is 2.67. The lowest BCUT2D eigenvalue weighted by molar-refractivity contribution is 0.309. The summed E-state index contributed by atoms with van der Waals surface area (Å²) in [5.74, 6) is 1.37. The van der Waals surface area contributed by atoms with Crippen molar-refractivity contribution < 1.29 is 0 Å². The second kappa shape index (κ2) is 10.1. The fraction of sp³-hybridized carbons (Fsp3) is 0.611. The van der Waals surface area contributed by atoms with Crippen LogP contribution in [0.25, 0.3) is 0 Å². The Morgan fingerprint density at radius 1 is 1.30 bits per heavy atom. The van der Waals surface area contributed by atoms with Crippen molar-refractivity contribution in [1.29, 1.82) is 0 Å². The molecule has 0 amide bonds. The van der Waals surface area contributed by atoms with Crippen LogP contribution in [0.3, 0.4) is 0 Å². The Labute approximate surface area is 158 Å². The van der Waals surface area contributed by atoms with Gasteiger partial charge in [0, 0.05) is 26.2 Å². The van der Waals surface area contributed by atoms with Crippen LogP contribution in [-0.2, 0) is 0 Å². The number of nitrogens with zero attached hydrogens (tertiary/aromatic N) is 2. The van der Waals surface area contributed by atoms with E-state index < -0.39 is 0 Å². The van der Waals surface area contributed by atoms with Crippen LogP contribution < -0.4 is 10.6 Å². The van der Waals surface area contributed by atoms with Gasteiger partial charge in [0.2, 0.25) is 0 Å². The number of aliphatic imine (C=N–C) groups is 1. The zero-order valence-electron chi connectivity index (χ0n) is 14.8. The predicted molar refractivity (Wildman–Crippen MR) is 110 cm³/mol. The molecular weight excluding hydrogens is 399 g/mol. The molecule has 0 spiro atoms. The maximum absolute atomic E-state index is 4.33. The van der Waals surface area contributed by atoms with Crippen molar-refractivity contribution in [3.8, 4) is 0 Å². The van der Waals surface area contributed by atoms with Crippen molar-refractivity contribution in [2.24, 2.45) is 4.99 Å². The highest BCUT2D eigenvalue weighted by Gasteiger charge is 2.20. The highest BCUT2D eigenvalue weighted by Crippen LogP contribution is 2.15. The maximum atomic E-state index is 4.33. The van der Waals surface area contributed by atoms with Crippen LogP contribution in [0.15, 0.2) is 29.3 Å². The lowest BCUT2D eigenvalue weighted by Gasteiger charge is -2.22. The van der Waals surface area contributed by atoms with Crippen LogP contribution >= 0.6 is 24.0 Å². The number of nitrogens with one attached hydrogen (secondary N) is 2. The number of halogens is 1. The molecule has 2 atom stereocenters. The van der Waals surface area contributed by atoms with Crippen LogP contribution in [0.1, 0.15) is 36.8 Å². The molecule has 0 saturated carbocycles. The van der Waals surface area contributed by atoms with Gasteiger partial charge in [-0.1, -0.05) is 36.8 Å². The van der Waals surface area contributed by atoms with E-state index in [1.165, 1.54) is 30.5 Å². The fourth-order valence-electron chi connectivity index (χ4n) is 2.93. The highest BCUT2D eigenvalue weighted by atomic mass is 127. The summed E-state index contributed by atoms with van der Waals surface area (Å²) in [7, 11) is 4.04. The largest absolute Gasteiger partial charge is 0.356 e. The average molecular weight is 430 g/mol. The molecule has 1 fully saturated rings. The summed E-state index contributed by atoms with van der Waals surface area (Å²) in [5, 5.41) is 6.90. The van der Waals surface area contributed by atoms with Gasteiger partial charge >= 0.3 is 0 Å². The normalized spacial score (nSPS) is 20.0. The number of hydrogen-bond donors (Lipinski definition) is 2. The first-order valence-corrected chi connectivity index (χ1v) is 8.31. The van der Waals surface area contributed by atoms with Crippen molar-refractivity contribution in [1.82, 2.24) is 15.5 Å². The van der Waals surface area contributed by atoms with Gasteiger partial charge in [0.1, 0.15) is 0 Å². The van der Waals surface area contributed by atoms with Gasteiger partial charge in [0.15, 0.2) is 5.96 Å². The lowest BCUT2D eigenvalue weighted by Crippen LogP contribution is -2.44. The van der Waals surface area contributed by atoms with Gasteiger partial charge in [-0.3, -0.25) is 4.99 Å². The predicted octanol–water partition coefficient (Wildman–Crippen LogP) is 2.98. The van der Waals surface area contributed by atoms with E-state index >= 15 is 0 Å². The van der Waals surface area contributed by atoms with Gasteiger partial charge in [0.25, 0.3) is 0 Å². The Bertz CT molecular complexity index is 486. The molecule has 0 bridgehead atoms. The lowest BCUT2D eigenvalue weighted by atomic mass is 10.0. The highest BCUT2D eigenvalue weighted by molar-refractivity contribution is 14.0. The SMILES string of the molecule is CN=C(NCC(C)c1ccc(C)cc1)NCC1CCCN1C.I. The van der Waals surface area contributed by atoms with Crippen LogP contribution in [0, 0.1) is 6.92 Å². The summed E-state index contributed by atoms with van der Waals surface area (Å²) in [6.45, 7) is 7.44. The molecule has 1 saturated heterocycles. The number of benzene rings is 1. The summed E-state index contributed by atoms with van der Waals surface area (Å²) in [6, 6.07) is 9.41. The molecule has 1 aromatic rings. The minimum atomic E-state index is 0. The molecule has 1 aliphatic rings. The molecule has 2 unspecified atom stereocenters. The summed E-state index contributed by atoms with van der Waals surface area (Å²) >= 11 is 0. The average Bonchev–Trinajstić information content (AvgIpc) is 2.93. The van der Waals surface area contributed by atoms with Crippen molar-refractivity contribution >= 4 is 29.9 Å². The van der Waals surface area contributed by atoms with Gasteiger partial charge < -0.3 is 15.5 Å². The molecule has 1 aromatic carbocycles. The van der Waals surface area contributed by atoms with Crippen LogP contribution in [0.4, 0.5) is 0 Å². The molecule has 4 nitrogen and oxygen atoms in total. The summed E-state index contributed by atoms with van der Waals surface area (Å²) < 4.78 is 0. The molecule has 0 aliphatic carbocycles. The first-order valence-electron chi connectivity index (χ1n) is 8.31. The van der Waals surface area contributed by atoms with E-state index in [2.05, 4.69) is 65.7 Å². The van der Waals surface area contributed by atoms with E-state index in [0.717, 1.165) is 19.0 Å². The number of hydrogen-bond acceptors (Lipinski definition) is 2. The maximum Gasteiger partial charge on any atom is 0.191 e. The van der Waals surface area contributed by atoms with E-state index in [1.807, 2.05) is 7.05 Å².